The van der Waals surface area contributed by atoms with Crippen LogP contribution in [-0.4, -0.2) is 59.9 Å². The van der Waals surface area contributed by atoms with Gasteiger partial charge in [-0.2, -0.15) is 0 Å². The Bertz CT molecular complexity index is 934. The summed E-state index contributed by atoms with van der Waals surface area (Å²) >= 11 is 0. The summed E-state index contributed by atoms with van der Waals surface area (Å²) in [6.07, 6.45) is 0. The monoisotopic (exact) mass is 415 g/mol. The van der Waals surface area contributed by atoms with Crippen LogP contribution in [0.4, 0.5) is 9.18 Å². The molecular formula is C21H22FN3O5. The van der Waals surface area contributed by atoms with E-state index >= 15 is 0 Å². The number of benzene rings is 2. The van der Waals surface area contributed by atoms with E-state index in [9.17, 15) is 14.0 Å². The minimum absolute atomic E-state index is 0.0159. The highest BCUT2D eigenvalue weighted by molar-refractivity contribution is 5.94. The highest BCUT2D eigenvalue weighted by atomic mass is 19.1. The molecule has 2 aromatic carbocycles. The van der Waals surface area contributed by atoms with E-state index < -0.39 is 17.8 Å². The molecule has 1 fully saturated rings. The van der Waals surface area contributed by atoms with Gasteiger partial charge in [0.25, 0.3) is 5.91 Å². The minimum atomic E-state index is -0.842. The lowest BCUT2D eigenvalue weighted by Gasteiger charge is -2.36. The Kier molecular flexibility index (Phi) is 5.82. The molecule has 4 rings (SSSR count). The van der Waals surface area contributed by atoms with E-state index in [0.717, 1.165) is 11.6 Å². The van der Waals surface area contributed by atoms with E-state index in [4.69, 9.17) is 14.7 Å². The molecular weight excluding hydrogens is 393 g/mol. The van der Waals surface area contributed by atoms with Crippen molar-refractivity contribution in [2.75, 3.05) is 32.9 Å². The summed E-state index contributed by atoms with van der Waals surface area (Å²) in [6, 6.07) is 11.1. The van der Waals surface area contributed by atoms with Crippen LogP contribution in [0.1, 0.15) is 27.5 Å². The summed E-state index contributed by atoms with van der Waals surface area (Å²) in [5.41, 5.74) is 2.47. The second-order valence-corrected chi connectivity index (χ2v) is 7.12. The molecule has 158 valence electrons. The molecule has 0 radical (unpaired) electrons. The molecule has 9 heteroatoms. The van der Waals surface area contributed by atoms with Crippen molar-refractivity contribution < 1.29 is 28.7 Å². The molecule has 8 nitrogen and oxygen atoms in total. The maximum absolute atomic E-state index is 14.9. The summed E-state index contributed by atoms with van der Waals surface area (Å²) in [4.78, 5) is 28.4. The van der Waals surface area contributed by atoms with Gasteiger partial charge in [0.2, 0.25) is 0 Å². The number of ether oxygens (including phenoxy) is 2. The molecule has 2 aliphatic rings. The summed E-state index contributed by atoms with van der Waals surface area (Å²) in [5, 5.41) is 8.86. The van der Waals surface area contributed by atoms with Crippen LogP contribution in [0, 0.1) is 5.82 Å². The number of hydrogen-bond donors (Lipinski definition) is 2. The number of halogens is 1. The lowest BCUT2D eigenvalue weighted by Crippen LogP contribution is -2.49. The fraction of sp³-hybridized carbons (Fsp3) is 0.333. The number of morpholine rings is 1. The molecule has 0 aliphatic carbocycles. The third kappa shape index (κ3) is 3.94. The van der Waals surface area contributed by atoms with E-state index in [1.165, 1.54) is 11.5 Å². The first-order valence-electron chi connectivity index (χ1n) is 9.66. The van der Waals surface area contributed by atoms with Gasteiger partial charge in [0.1, 0.15) is 18.2 Å². The van der Waals surface area contributed by atoms with Gasteiger partial charge in [-0.15, -0.1) is 0 Å². The van der Waals surface area contributed by atoms with Crippen molar-refractivity contribution in [3.63, 3.8) is 0 Å². The Morgan fingerprint density at radius 3 is 2.57 bits per heavy atom. The van der Waals surface area contributed by atoms with Crippen LogP contribution < -0.4 is 10.2 Å². The summed E-state index contributed by atoms with van der Waals surface area (Å²) < 4.78 is 26.1. The summed E-state index contributed by atoms with van der Waals surface area (Å²) in [5.74, 6) is -1.35. The topological polar surface area (TPSA) is 91.3 Å². The third-order valence-corrected chi connectivity index (χ3v) is 5.33. The first-order valence-corrected chi connectivity index (χ1v) is 9.66. The fourth-order valence-electron chi connectivity index (χ4n) is 3.72. The first-order chi connectivity index (χ1) is 14.6. The number of carbonyl (C=O) groups is 2. The van der Waals surface area contributed by atoms with E-state index in [-0.39, 0.29) is 36.1 Å². The Hall–Kier alpha value is -3.17. The Morgan fingerprint density at radius 1 is 1.13 bits per heavy atom. The SMILES string of the molecule is O=C(NO)c1cc(F)c2c(c1)OCC(c1ccccc1)N(C(=O)N1CCOCC1)C2. The number of urea groups is 1. The quantitative estimate of drug-likeness (QED) is 0.580. The summed E-state index contributed by atoms with van der Waals surface area (Å²) in [7, 11) is 0. The van der Waals surface area contributed by atoms with Crippen molar-refractivity contribution in [2.45, 2.75) is 12.6 Å². The molecule has 1 unspecified atom stereocenters. The van der Waals surface area contributed by atoms with Crippen LogP contribution >= 0.6 is 0 Å². The van der Waals surface area contributed by atoms with E-state index in [1.54, 1.807) is 9.80 Å². The average Bonchev–Trinajstić information content (AvgIpc) is 2.99. The molecule has 30 heavy (non-hydrogen) atoms. The number of amides is 3. The maximum atomic E-state index is 14.9. The molecule has 0 spiro atoms. The smallest absolute Gasteiger partial charge is 0.321 e. The van der Waals surface area contributed by atoms with E-state index in [0.29, 0.717) is 26.3 Å². The fourth-order valence-corrected chi connectivity index (χ4v) is 3.72. The zero-order chi connectivity index (χ0) is 21.1. The van der Waals surface area contributed by atoms with Crippen molar-refractivity contribution in [2.24, 2.45) is 0 Å². The second-order valence-electron chi connectivity index (χ2n) is 7.12. The van der Waals surface area contributed by atoms with Crippen LogP contribution in [0.25, 0.3) is 0 Å². The van der Waals surface area contributed by atoms with Gasteiger partial charge in [0.15, 0.2) is 0 Å². The zero-order valence-corrected chi connectivity index (χ0v) is 16.2. The van der Waals surface area contributed by atoms with E-state index in [2.05, 4.69) is 0 Å². The normalized spacial score (nSPS) is 18.8. The van der Waals surface area contributed by atoms with Crippen molar-refractivity contribution in [1.82, 2.24) is 15.3 Å². The molecule has 0 bridgehead atoms. The van der Waals surface area contributed by atoms with Crippen molar-refractivity contribution in [3.05, 3.63) is 65.0 Å². The highest BCUT2D eigenvalue weighted by Crippen LogP contribution is 2.34. The van der Waals surface area contributed by atoms with Crippen LogP contribution in [0.15, 0.2) is 42.5 Å². The van der Waals surface area contributed by atoms with Gasteiger partial charge < -0.3 is 19.3 Å². The van der Waals surface area contributed by atoms with Crippen LogP contribution in [-0.2, 0) is 11.3 Å². The number of nitrogens with zero attached hydrogens (tertiary/aromatic N) is 2. The Morgan fingerprint density at radius 2 is 1.87 bits per heavy atom. The largest absolute Gasteiger partial charge is 0.491 e. The van der Waals surface area contributed by atoms with Gasteiger partial charge in [-0.1, -0.05) is 30.3 Å². The molecule has 1 atom stereocenters. The number of nitrogens with one attached hydrogen (secondary N) is 1. The third-order valence-electron chi connectivity index (χ3n) is 5.33. The average molecular weight is 415 g/mol. The van der Waals surface area contributed by atoms with E-state index in [1.807, 2.05) is 30.3 Å². The van der Waals surface area contributed by atoms with Gasteiger partial charge in [0.05, 0.1) is 25.8 Å². The lowest BCUT2D eigenvalue weighted by molar-refractivity contribution is 0.0361. The van der Waals surface area contributed by atoms with Crippen LogP contribution in [0.2, 0.25) is 0 Å². The first kappa shape index (κ1) is 20.1. The number of fused-ring (bicyclic) bond motifs is 1. The van der Waals surface area contributed by atoms with Gasteiger partial charge in [-0.05, 0) is 17.7 Å². The van der Waals surface area contributed by atoms with Crippen molar-refractivity contribution in [3.8, 4) is 5.75 Å². The lowest BCUT2D eigenvalue weighted by atomic mass is 10.0. The van der Waals surface area contributed by atoms with Crippen molar-refractivity contribution >= 4 is 11.9 Å². The Balaban J connectivity index is 1.72. The molecule has 2 aromatic rings. The number of rotatable bonds is 2. The molecule has 2 heterocycles. The van der Waals surface area contributed by atoms with Crippen LogP contribution in [0.3, 0.4) is 0 Å². The number of hydroxylamine groups is 1. The molecule has 0 aromatic heterocycles. The summed E-state index contributed by atoms with van der Waals surface area (Å²) in [6.45, 7) is 1.91. The number of carbonyl (C=O) groups excluding carboxylic acids is 2. The standard InChI is InChI=1S/C21H22FN3O5/c22-17-10-15(20(26)23-28)11-19-16(17)12-25(21(27)24-6-8-29-9-7-24)18(13-30-19)14-4-2-1-3-5-14/h1-5,10-11,18,28H,6-9,12-13H2,(H,23,26). The zero-order valence-electron chi connectivity index (χ0n) is 16.2. The molecule has 0 saturated carbocycles. The van der Waals surface area contributed by atoms with Gasteiger partial charge in [-0.3, -0.25) is 10.0 Å². The van der Waals surface area contributed by atoms with Gasteiger partial charge in [0, 0.05) is 24.2 Å². The Labute approximate surface area is 172 Å². The van der Waals surface area contributed by atoms with Crippen LogP contribution in [0.5, 0.6) is 5.75 Å². The molecule has 2 N–H and O–H groups in total. The minimum Gasteiger partial charge on any atom is -0.491 e. The number of hydrogen-bond acceptors (Lipinski definition) is 5. The predicted octanol–water partition coefficient (Wildman–Crippen LogP) is 2.33. The van der Waals surface area contributed by atoms with Gasteiger partial charge in [-0.25, -0.2) is 14.7 Å². The maximum Gasteiger partial charge on any atom is 0.321 e. The molecule has 2 aliphatic heterocycles. The molecule has 1 saturated heterocycles. The highest BCUT2D eigenvalue weighted by Gasteiger charge is 2.34. The second kappa shape index (κ2) is 8.68. The predicted molar refractivity (Wildman–Crippen MR) is 104 cm³/mol. The molecule has 3 amide bonds. The van der Waals surface area contributed by atoms with Gasteiger partial charge >= 0.3 is 6.03 Å². The van der Waals surface area contributed by atoms with Crippen molar-refractivity contribution in [1.29, 1.82) is 0 Å².